The molecule has 2 N–H and O–H groups in total. The van der Waals surface area contributed by atoms with E-state index in [1.54, 1.807) is 0 Å². The summed E-state index contributed by atoms with van der Waals surface area (Å²) >= 11 is 0. The van der Waals surface area contributed by atoms with Gasteiger partial charge in [-0.05, 0) is 44.4 Å². The summed E-state index contributed by atoms with van der Waals surface area (Å²) in [4.78, 5) is 12.3. The van der Waals surface area contributed by atoms with E-state index in [2.05, 4.69) is 24.5 Å². The van der Waals surface area contributed by atoms with Crippen molar-refractivity contribution in [3.05, 3.63) is 29.3 Å². The Hall–Kier alpha value is -1.51. The largest absolute Gasteiger partial charge is 0.385 e. The maximum atomic E-state index is 12.3. The highest BCUT2D eigenvalue weighted by Gasteiger charge is 2.14. The van der Waals surface area contributed by atoms with E-state index in [-0.39, 0.29) is 11.9 Å². The third-order valence-corrected chi connectivity index (χ3v) is 3.25. The first-order valence-corrected chi connectivity index (χ1v) is 7.27. The molecule has 0 radical (unpaired) electrons. The molecule has 0 saturated carbocycles. The third-order valence-electron chi connectivity index (χ3n) is 3.25. The number of anilines is 1. The molecule has 1 unspecified atom stereocenters. The van der Waals surface area contributed by atoms with Crippen molar-refractivity contribution >= 4 is 11.6 Å². The summed E-state index contributed by atoms with van der Waals surface area (Å²) in [5.41, 5.74) is 2.82. The van der Waals surface area contributed by atoms with Crippen molar-refractivity contribution in [1.82, 2.24) is 5.32 Å². The fraction of sp³-hybridized carbons (Fsp3) is 0.562. The van der Waals surface area contributed by atoms with Gasteiger partial charge in [-0.3, -0.25) is 4.79 Å². The molecular weight excluding hydrogens is 236 g/mol. The SMILES string of the molecule is CCCC(CC)NC(=O)c1ccc(C)cc1NCC. The van der Waals surface area contributed by atoms with Gasteiger partial charge in [-0.15, -0.1) is 0 Å². The van der Waals surface area contributed by atoms with Crippen molar-refractivity contribution in [1.29, 1.82) is 0 Å². The predicted octanol–water partition coefficient (Wildman–Crippen LogP) is 3.74. The first-order chi connectivity index (χ1) is 9.12. The van der Waals surface area contributed by atoms with Crippen LogP contribution in [0.15, 0.2) is 18.2 Å². The summed E-state index contributed by atoms with van der Waals surface area (Å²) in [7, 11) is 0. The minimum atomic E-state index is 0.0243. The van der Waals surface area contributed by atoms with Gasteiger partial charge in [-0.25, -0.2) is 0 Å². The Balaban J connectivity index is 2.86. The van der Waals surface area contributed by atoms with E-state index < -0.39 is 0 Å². The maximum Gasteiger partial charge on any atom is 0.253 e. The van der Waals surface area contributed by atoms with E-state index in [9.17, 15) is 4.79 Å². The van der Waals surface area contributed by atoms with E-state index in [4.69, 9.17) is 0 Å². The van der Waals surface area contributed by atoms with Crippen LogP contribution < -0.4 is 10.6 Å². The average molecular weight is 262 g/mol. The molecule has 0 aliphatic heterocycles. The highest BCUT2D eigenvalue weighted by Crippen LogP contribution is 2.18. The molecule has 0 aromatic heterocycles. The first kappa shape index (κ1) is 15.5. The van der Waals surface area contributed by atoms with Crippen molar-refractivity contribution in [2.45, 2.75) is 53.0 Å². The fourth-order valence-electron chi connectivity index (χ4n) is 2.18. The lowest BCUT2D eigenvalue weighted by atomic mass is 10.1. The van der Waals surface area contributed by atoms with Gasteiger partial charge in [0.1, 0.15) is 0 Å². The summed E-state index contributed by atoms with van der Waals surface area (Å²) in [6, 6.07) is 6.19. The zero-order chi connectivity index (χ0) is 14.3. The van der Waals surface area contributed by atoms with Crippen molar-refractivity contribution < 1.29 is 4.79 Å². The molecule has 0 aliphatic rings. The van der Waals surface area contributed by atoms with Crippen molar-refractivity contribution in [2.75, 3.05) is 11.9 Å². The number of amides is 1. The highest BCUT2D eigenvalue weighted by molar-refractivity contribution is 5.99. The van der Waals surface area contributed by atoms with E-state index in [0.717, 1.165) is 42.6 Å². The second kappa shape index (κ2) is 7.82. The number of rotatable bonds is 7. The van der Waals surface area contributed by atoms with E-state index in [1.807, 2.05) is 32.0 Å². The van der Waals surface area contributed by atoms with E-state index >= 15 is 0 Å². The van der Waals surface area contributed by atoms with Gasteiger partial charge in [0.25, 0.3) is 5.91 Å². The minimum Gasteiger partial charge on any atom is -0.385 e. The zero-order valence-corrected chi connectivity index (χ0v) is 12.5. The Bertz CT molecular complexity index is 415. The Kier molecular flexibility index (Phi) is 6.40. The lowest BCUT2D eigenvalue weighted by Gasteiger charge is -2.18. The van der Waals surface area contributed by atoms with Crippen LogP contribution in [-0.4, -0.2) is 18.5 Å². The number of nitrogens with one attached hydrogen (secondary N) is 2. The monoisotopic (exact) mass is 262 g/mol. The minimum absolute atomic E-state index is 0.0243. The van der Waals surface area contributed by atoms with Gasteiger partial charge in [0, 0.05) is 18.3 Å². The number of aryl methyl sites for hydroxylation is 1. The van der Waals surface area contributed by atoms with Crippen molar-refractivity contribution in [2.24, 2.45) is 0 Å². The lowest BCUT2D eigenvalue weighted by molar-refractivity contribution is 0.0934. The number of carbonyl (C=O) groups excluding carboxylic acids is 1. The molecule has 0 heterocycles. The van der Waals surface area contributed by atoms with Crippen LogP contribution >= 0.6 is 0 Å². The molecule has 0 aliphatic carbocycles. The third kappa shape index (κ3) is 4.58. The summed E-state index contributed by atoms with van der Waals surface area (Å²) in [6.07, 6.45) is 3.10. The standard InChI is InChI=1S/C16H26N2O/c1-5-8-13(6-2)18-16(19)14-10-9-12(4)11-15(14)17-7-3/h9-11,13,17H,5-8H2,1-4H3,(H,18,19). The Labute approximate surface area is 116 Å². The van der Waals surface area contributed by atoms with Gasteiger partial charge >= 0.3 is 0 Å². The lowest BCUT2D eigenvalue weighted by Crippen LogP contribution is -2.34. The van der Waals surface area contributed by atoms with Crippen LogP contribution in [0.5, 0.6) is 0 Å². The van der Waals surface area contributed by atoms with Gasteiger partial charge in [0.2, 0.25) is 0 Å². The molecule has 0 fully saturated rings. The summed E-state index contributed by atoms with van der Waals surface area (Å²) < 4.78 is 0. The van der Waals surface area contributed by atoms with Gasteiger partial charge in [-0.1, -0.05) is 26.3 Å². The van der Waals surface area contributed by atoms with Crippen LogP contribution in [0.3, 0.4) is 0 Å². The second-order valence-electron chi connectivity index (χ2n) is 4.95. The summed E-state index contributed by atoms with van der Waals surface area (Å²) in [5, 5.41) is 6.38. The Morgan fingerprint density at radius 2 is 2.00 bits per heavy atom. The summed E-state index contributed by atoms with van der Waals surface area (Å²) in [6.45, 7) is 9.14. The molecule has 1 amide bonds. The van der Waals surface area contributed by atoms with Crippen LogP contribution in [-0.2, 0) is 0 Å². The molecule has 0 spiro atoms. The van der Waals surface area contributed by atoms with Gasteiger partial charge in [0.15, 0.2) is 0 Å². The van der Waals surface area contributed by atoms with Crippen LogP contribution in [0.25, 0.3) is 0 Å². The molecule has 3 heteroatoms. The van der Waals surface area contributed by atoms with Gasteiger partial charge in [0.05, 0.1) is 5.56 Å². The molecule has 1 rings (SSSR count). The topological polar surface area (TPSA) is 41.1 Å². The highest BCUT2D eigenvalue weighted by atomic mass is 16.1. The molecule has 0 saturated heterocycles. The predicted molar refractivity (Wildman–Crippen MR) is 81.8 cm³/mol. The fourth-order valence-corrected chi connectivity index (χ4v) is 2.18. The molecule has 1 atom stereocenters. The average Bonchev–Trinajstić information content (AvgIpc) is 2.38. The quantitative estimate of drug-likeness (QED) is 0.786. The van der Waals surface area contributed by atoms with Crippen LogP contribution in [0.4, 0.5) is 5.69 Å². The van der Waals surface area contributed by atoms with Crippen LogP contribution in [0.2, 0.25) is 0 Å². The molecule has 106 valence electrons. The molecule has 19 heavy (non-hydrogen) atoms. The molecular formula is C16H26N2O. The maximum absolute atomic E-state index is 12.3. The number of hydrogen-bond acceptors (Lipinski definition) is 2. The van der Waals surface area contributed by atoms with Crippen molar-refractivity contribution in [3.8, 4) is 0 Å². The first-order valence-electron chi connectivity index (χ1n) is 7.27. The van der Waals surface area contributed by atoms with Gasteiger partial charge < -0.3 is 10.6 Å². The molecule has 3 nitrogen and oxygen atoms in total. The Morgan fingerprint density at radius 1 is 1.26 bits per heavy atom. The number of carbonyl (C=O) groups is 1. The van der Waals surface area contributed by atoms with Gasteiger partial charge in [-0.2, -0.15) is 0 Å². The van der Waals surface area contributed by atoms with Crippen LogP contribution in [0.1, 0.15) is 56.0 Å². The van der Waals surface area contributed by atoms with Crippen molar-refractivity contribution in [3.63, 3.8) is 0 Å². The molecule has 1 aromatic carbocycles. The number of hydrogen-bond donors (Lipinski definition) is 2. The second-order valence-corrected chi connectivity index (χ2v) is 4.95. The zero-order valence-electron chi connectivity index (χ0n) is 12.5. The number of benzene rings is 1. The normalized spacial score (nSPS) is 12.0. The summed E-state index contributed by atoms with van der Waals surface area (Å²) in [5.74, 6) is 0.0243. The smallest absolute Gasteiger partial charge is 0.253 e. The molecule has 0 bridgehead atoms. The Morgan fingerprint density at radius 3 is 2.58 bits per heavy atom. The van der Waals surface area contributed by atoms with E-state index in [1.165, 1.54) is 0 Å². The van der Waals surface area contributed by atoms with Crippen LogP contribution in [0, 0.1) is 6.92 Å². The molecule has 1 aromatic rings. The van der Waals surface area contributed by atoms with E-state index in [0.29, 0.717) is 0 Å².